The maximum atomic E-state index is 5.49. The minimum absolute atomic E-state index is 0.587. The predicted octanol–water partition coefficient (Wildman–Crippen LogP) is 1.63. The van der Waals surface area contributed by atoms with Gasteiger partial charge in [-0.05, 0) is 32.4 Å². The number of nitrogens with one attached hydrogen (secondary N) is 1. The third kappa shape index (κ3) is 3.44. The molecule has 1 heterocycles. The molecule has 0 aromatic carbocycles. The van der Waals surface area contributed by atoms with Gasteiger partial charge in [-0.1, -0.05) is 19.8 Å². The van der Waals surface area contributed by atoms with E-state index in [0.29, 0.717) is 6.04 Å². The van der Waals surface area contributed by atoms with Gasteiger partial charge in [0.05, 0.1) is 13.2 Å². The van der Waals surface area contributed by atoms with Crippen LogP contribution in [0.1, 0.15) is 39.0 Å². The largest absolute Gasteiger partial charge is 0.379 e. The van der Waals surface area contributed by atoms with Crippen LogP contribution >= 0.6 is 0 Å². The van der Waals surface area contributed by atoms with Crippen molar-refractivity contribution >= 4 is 0 Å². The fourth-order valence-corrected chi connectivity index (χ4v) is 3.00. The van der Waals surface area contributed by atoms with Crippen LogP contribution in [0.2, 0.25) is 0 Å². The van der Waals surface area contributed by atoms with Crippen LogP contribution in [0.5, 0.6) is 0 Å². The number of nitrogens with zero attached hydrogens (tertiary/aromatic N) is 1. The van der Waals surface area contributed by atoms with Gasteiger partial charge in [-0.3, -0.25) is 0 Å². The third-order valence-electron chi connectivity index (χ3n) is 4.01. The Morgan fingerprint density at radius 2 is 2.12 bits per heavy atom. The van der Waals surface area contributed by atoms with Crippen LogP contribution in [0, 0.1) is 0 Å². The minimum atomic E-state index is 0.587. The van der Waals surface area contributed by atoms with Crippen molar-refractivity contribution in [3.8, 4) is 0 Å². The Kier molecular flexibility index (Phi) is 5.07. The van der Waals surface area contributed by atoms with Gasteiger partial charge in [0.15, 0.2) is 0 Å². The van der Waals surface area contributed by atoms with Gasteiger partial charge in [0, 0.05) is 18.6 Å². The van der Waals surface area contributed by atoms with Crippen molar-refractivity contribution in [3.63, 3.8) is 0 Å². The maximum Gasteiger partial charge on any atom is 0.0620 e. The molecule has 0 aromatic rings. The highest BCUT2D eigenvalue weighted by atomic mass is 16.5. The monoisotopic (exact) mass is 226 g/mol. The Balaban J connectivity index is 1.69. The lowest BCUT2D eigenvalue weighted by Crippen LogP contribution is -2.44. The van der Waals surface area contributed by atoms with Gasteiger partial charge in [0.1, 0.15) is 0 Å². The molecule has 0 radical (unpaired) electrons. The molecule has 1 saturated heterocycles. The molecule has 0 amide bonds. The summed E-state index contributed by atoms with van der Waals surface area (Å²) < 4.78 is 5.49. The molecular formula is C13H26N2O. The highest BCUT2D eigenvalue weighted by Crippen LogP contribution is 2.23. The Morgan fingerprint density at radius 1 is 1.31 bits per heavy atom. The average molecular weight is 226 g/mol. The molecule has 1 aliphatic carbocycles. The number of morpholine rings is 1. The van der Waals surface area contributed by atoms with Gasteiger partial charge in [-0.15, -0.1) is 0 Å². The lowest BCUT2D eigenvalue weighted by molar-refractivity contribution is 0.0677. The second-order valence-corrected chi connectivity index (χ2v) is 5.08. The number of ether oxygens (including phenoxy) is 1. The minimum Gasteiger partial charge on any atom is -0.379 e. The van der Waals surface area contributed by atoms with E-state index in [-0.39, 0.29) is 0 Å². The standard InChI is InChI=1S/C13H26N2O/c1-2-15(13-5-3-4-6-13)9-7-12-11-16-10-8-14-12/h12-14H,2-11H2,1H3. The smallest absolute Gasteiger partial charge is 0.0620 e. The van der Waals surface area contributed by atoms with E-state index in [2.05, 4.69) is 17.1 Å². The first kappa shape index (κ1) is 12.3. The molecule has 1 unspecified atom stereocenters. The molecule has 1 atom stereocenters. The number of hydrogen-bond acceptors (Lipinski definition) is 3. The van der Waals surface area contributed by atoms with Crippen LogP contribution in [-0.4, -0.2) is 49.8 Å². The molecule has 16 heavy (non-hydrogen) atoms. The van der Waals surface area contributed by atoms with Crippen LogP contribution in [0.4, 0.5) is 0 Å². The number of hydrogen-bond donors (Lipinski definition) is 1. The van der Waals surface area contributed by atoms with Gasteiger partial charge >= 0.3 is 0 Å². The maximum absolute atomic E-state index is 5.49. The first-order valence-electron chi connectivity index (χ1n) is 6.95. The quantitative estimate of drug-likeness (QED) is 0.771. The zero-order valence-corrected chi connectivity index (χ0v) is 10.6. The van der Waals surface area contributed by atoms with Crippen LogP contribution in [-0.2, 0) is 4.74 Å². The van der Waals surface area contributed by atoms with Crippen LogP contribution in [0.3, 0.4) is 0 Å². The van der Waals surface area contributed by atoms with Gasteiger partial charge in [0.25, 0.3) is 0 Å². The average Bonchev–Trinajstić information content (AvgIpc) is 2.85. The van der Waals surface area contributed by atoms with Crippen LogP contribution in [0.25, 0.3) is 0 Å². The summed E-state index contributed by atoms with van der Waals surface area (Å²) in [6.07, 6.45) is 6.95. The van der Waals surface area contributed by atoms with E-state index < -0.39 is 0 Å². The predicted molar refractivity (Wildman–Crippen MR) is 66.7 cm³/mol. The molecule has 2 rings (SSSR count). The SMILES string of the molecule is CCN(CCC1COCCN1)C1CCCC1. The molecule has 0 aromatic heterocycles. The summed E-state index contributed by atoms with van der Waals surface area (Å²) >= 11 is 0. The van der Waals surface area contributed by atoms with Crippen molar-refractivity contribution in [3.05, 3.63) is 0 Å². The molecule has 2 aliphatic rings. The van der Waals surface area contributed by atoms with Crippen molar-refractivity contribution in [2.45, 2.75) is 51.1 Å². The molecule has 94 valence electrons. The summed E-state index contributed by atoms with van der Waals surface area (Å²) in [4.78, 5) is 2.67. The topological polar surface area (TPSA) is 24.5 Å². The molecular weight excluding hydrogens is 200 g/mol. The van der Waals surface area contributed by atoms with E-state index in [0.717, 1.165) is 25.8 Å². The van der Waals surface area contributed by atoms with Crippen molar-refractivity contribution in [2.75, 3.05) is 32.8 Å². The Morgan fingerprint density at radius 3 is 2.75 bits per heavy atom. The lowest BCUT2D eigenvalue weighted by atomic mass is 10.1. The fraction of sp³-hybridized carbons (Fsp3) is 1.00. The summed E-state index contributed by atoms with van der Waals surface area (Å²) in [5, 5.41) is 3.54. The van der Waals surface area contributed by atoms with E-state index in [1.54, 1.807) is 0 Å². The summed E-state index contributed by atoms with van der Waals surface area (Å²) in [7, 11) is 0. The van der Waals surface area contributed by atoms with E-state index in [1.165, 1.54) is 45.2 Å². The summed E-state index contributed by atoms with van der Waals surface area (Å²) in [5.41, 5.74) is 0. The van der Waals surface area contributed by atoms with Crippen molar-refractivity contribution in [1.29, 1.82) is 0 Å². The second kappa shape index (κ2) is 6.58. The molecule has 3 heteroatoms. The van der Waals surface area contributed by atoms with Crippen molar-refractivity contribution < 1.29 is 4.74 Å². The molecule has 2 fully saturated rings. The van der Waals surface area contributed by atoms with Crippen molar-refractivity contribution in [2.24, 2.45) is 0 Å². The molecule has 0 bridgehead atoms. The lowest BCUT2D eigenvalue weighted by Gasteiger charge is -2.30. The van der Waals surface area contributed by atoms with Crippen molar-refractivity contribution in [1.82, 2.24) is 10.2 Å². The van der Waals surface area contributed by atoms with E-state index in [1.807, 2.05) is 0 Å². The Hall–Kier alpha value is -0.120. The van der Waals surface area contributed by atoms with Gasteiger partial charge in [-0.25, -0.2) is 0 Å². The van der Waals surface area contributed by atoms with Gasteiger partial charge in [-0.2, -0.15) is 0 Å². The summed E-state index contributed by atoms with van der Waals surface area (Å²) in [6, 6.07) is 1.46. The van der Waals surface area contributed by atoms with E-state index in [4.69, 9.17) is 4.74 Å². The summed E-state index contributed by atoms with van der Waals surface area (Å²) in [6.45, 7) is 7.56. The van der Waals surface area contributed by atoms with E-state index >= 15 is 0 Å². The van der Waals surface area contributed by atoms with Gasteiger partial charge < -0.3 is 15.0 Å². The molecule has 0 spiro atoms. The highest BCUT2D eigenvalue weighted by molar-refractivity contribution is 4.79. The molecule has 1 saturated carbocycles. The summed E-state index contributed by atoms with van der Waals surface area (Å²) in [5.74, 6) is 0. The Bertz CT molecular complexity index is 186. The highest BCUT2D eigenvalue weighted by Gasteiger charge is 2.22. The first-order chi connectivity index (χ1) is 7.90. The first-order valence-corrected chi connectivity index (χ1v) is 6.95. The normalized spacial score (nSPS) is 27.8. The molecule has 3 nitrogen and oxygen atoms in total. The second-order valence-electron chi connectivity index (χ2n) is 5.08. The zero-order valence-electron chi connectivity index (χ0n) is 10.6. The zero-order chi connectivity index (χ0) is 11.2. The number of rotatable bonds is 5. The van der Waals surface area contributed by atoms with Crippen LogP contribution in [0.15, 0.2) is 0 Å². The van der Waals surface area contributed by atoms with Gasteiger partial charge in [0.2, 0.25) is 0 Å². The molecule has 1 aliphatic heterocycles. The fourth-order valence-electron chi connectivity index (χ4n) is 3.00. The van der Waals surface area contributed by atoms with Crippen LogP contribution < -0.4 is 5.32 Å². The Labute approximate surface area is 99.5 Å². The van der Waals surface area contributed by atoms with E-state index in [9.17, 15) is 0 Å². The molecule has 1 N–H and O–H groups in total. The third-order valence-corrected chi connectivity index (χ3v) is 4.01.